The summed E-state index contributed by atoms with van der Waals surface area (Å²) in [7, 11) is -4.43. The van der Waals surface area contributed by atoms with Crippen molar-refractivity contribution < 1.29 is 17.2 Å². The molecule has 1 atom stereocenters. The highest BCUT2D eigenvalue weighted by Gasteiger charge is 2.33. The molecule has 1 N–H and O–H groups in total. The average Bonchev–Trinajstić information content (AvgIpc) is 2.69. The van der Waals surface area contributed by atoms with Crippen LogP contribution in [0.5, 0.6) is 0 Å². The van der Waals surface area contributed by atoms with E-state index in [4.69, 9.17) is 0 Å². The summed E-state index contributed by atoms with van der Waals surface area (Å²) in [5, 5.41) is 3.11. The van der Waals surface area contributed by atoms with Crippen molar-refractivity contribution >= 4 is 10.0 Å². The van der Waals surface area contributed by atoms with Crippen molar-refractivity contribution in [1.82, 2.24) is 9.62 Å². The normalized spacial score (nSPS) is 22.2. The fourth-order valence-corrected chi connectivity index (χ4v) is 2.89. The predicted octanol–water partition coefficient (Wildman–Crippen LogP) is 1.00. The zero-order valence-electron chi connectivity index (χ0n) is 9.33. The lowest BCUT2D eigenvalue weighted by atomic mass is 10.2. The van der Waals surface area contributed by atoms with Crippen LogP contribution in [0.1, 0.15) is 26.2 Å². The van der Waals surface area contributed by atoms with Gasteiger partial charge in [0.25, 0.3) is 10.0 Å². The summed E-state index contributed by atoms with van der Waals surface area (Å²) in [5.74, 6) is -3.32. The van der Waals surface area contributed by atoms with Gasteiger partial charge in [0.15, 0.2) is 0 Å². The van der Waals surface area contributed by atoms with Gasteiger partial charge in [0.1, 0.15) is 0 Å². The van der Waals surface area contributed by atoms with Crippen LogP contribution in [0.15, 0.2) is 0 Å². The molecule has 0 bridgehead atoms. The lowest BCUT2D eigenvalue weighted by molar-refractivity contribution is 0.216. The van der Waals surface area contributed by atoms with Gasteiger partial charge in [-0.25, -0.2) is 8.42 Å². The molecule has 7 heteroatoms. The predicted molar refractivity (Wildman–Crippen MR) is 57.8 cm³/mol. The Morgan fingerprint density at radius 2 is 2.19 bits per heavy atom. The maximum atomic E-state index is 12.4. The number of hydrogen-bond donors (Lipinski definition) is 1. The topological polar surface area (TPSA) is 49.4 Å². The zero-order chi connectivity index (χ0) is 12.2. The maximum absolute atomic E-state index is 12.4. The molecule has 0 aromatic rings. The van der Waals surface area contributed by atoms with E-state index < -0.39 is 15.8 Å². The van der Waals surface area contributed by atoms with Crippen LogP contribution in [0, 0.1) is 0 Å². The fraction of sp³-hybridized carbons (Fsp3) is 1.00. The van der Waals surface area contributed by atoms with E-state index in [1.165, 1.54) is 0 Å². The van der Waals surface area contributed by atoms with Crippen molar-refractivity contribution in [3.05, 3.63) is 0 Å². The molecule has 1 heterocycles. The molecule has 0 radical (unpaired) electrons. The summed E-state index contributed by atoms with van der Waals surface area (Å²) in [6, 6.07) is 0.0140. The minimum absolute atomic E-state index is 0.0140. The minimum Gasteiger partial charge on any atom is -0.313 e. The molecular formula is C9H18F2N2O2S. The summed E-state index contributed by atoms with van der Waals surface area (Å²) >= 11 is 0. The Hall–Kier alpha value is -0.270. The summed E-state index contributed by atoms with van der Waals surface area (Å²) in [5.41, 5.74) is 0. The van der Waals surface area contributed by atoms with Crippen LogP contribution in [0.2, 0.25) is 0 Å². The number of halogens is 2. The first-order valence-corrected chi connectivity index (χ1v) is 6.99. The van der Waals surface area contributed by atoms with Crippen LogP contribution >= 0.6 is 0 Å². The minimum atomic E-state index is -4.43. The van der Waals surface area contributed by atoms with E-state index in [9.17, 15) is 17.2 Å². The lowest BCUT2D eigenvalue weighted by Crippen LogP contribution is -2.43. The van der Waals surface area contributed by atoms with Gasteiger partial charge in [-0.05, 0) is 25.8 Å². The van der Waals surface area contributed by atoms with Crippen LogP contribution < -0.4 is 5.32 Å². The van der Waals surface area contributed by atoms with Crippen molar-refractivity contribution in [2.24, 2.45) is 0 Å². The SMILES string of the molecule is CCCN(CC1CCCN1)S(=O)(=O)C(F)F. The molecule has 0 aromatic heterocycles. The molecule has 0 aliphatic carbocycles. The van der Waals surface area contributed by atoms with Gasteiger partial charge in [0.2, 0.25) is 0 Å². The second kappa shape index (κ2) is 5.88. The van der Waals surface area contributed by atoms with E-state index in [-0.39, 0.29) is 19.1 Å². The third kappa shape index (κ3) is 3.36. The van der Waals surface area contributed by atoms with Gasteiger partial charge in [-0.3, -0.25) is 0 Å². The molecule has 0 aromatic carbocycles. The molecular weight excluding hydrogens is 238 g/mol. The highest BCUT2D eigenvalue weighted by Crippen LogP contribution is 2.15. The number of rotatable bonds is 6. The molecule has 4 nitrogen and oxygen atoms in total. The molecule has 1 saturated heterocycles. The first-order valence-electron chi connectivity index (χ1n) is 5.49. The fourth-order valence-electron chi connectivity index (χ4n) is 1.84. The molecule has 1 aliphatic heterocycles. The summed E-state index contributed by atoms with van der Waals surface area (Å²) in [4.78, 5) is 0. The third-order valence-electron chi connectivity index (χ3n) is 2.64. The van der Waals surface area contributed by atoms with Crippen molar-refractivity contribution in [2.75, 3.05) is 19.6 Å². The van der Waals surface area contributed by atoms with Gasteiger partial charge in [0.05, 0.1) is 0 Å². The van der Waals surface area contributed by atoms with E-state index >= 15 is 0 Å². The smallest absolute Gasteiger partial charge is 0.313 e. The number of nitrogens with one attached hydrogen (secondary N) is 1. The standard InChI is InChI=1S/C9H18F2N2O2S/c1-2-6-13(16(14,15)9(10)11)7-8-4-3-5-12-8/h8-9,12H,2-7H2,1H3. The summed E-state index contributed by atoms with van der Waals surface area (Å²) in [6.07, 6.45) is 2.36. The third-order valence-corrected chi connectivity index (χ3v) is 4.15. The Bertz CT molecular complexity index is 303. The molecule has 16 heavy (non-hydrogen) atoms. The number of hydrogen-bond acceptors (Lipinski definition) is 3. The van der Waals surface area contributed by atoms with Gasteiger partial charge < -0.3 is 5.32 Å². The Labute approximate surface area is 95.1 Å². The number of alkyl halides is 2. The molecule has 1 aliphatic rings. The molecule has 0 spiro atoms. The van der Waals surface area contributed by atoms with Crippen LogP contribution in [-0.4, -0.2) is 44.2 Å². The molecule has 1 unspecified atom stereocenters. The van der Waals surface area contributed by atoms with Crippen molar-refractivity contribution in [1.29, 1.82) is 0 Å². The van der Waals surface area contributed by atoms with E-state index in [1.54, 1.807) is 6.92 Å². The van der Waals surface area contributed by atoms with Gasteiger partial charge in [-0.15, -0.1) is 0 Å². The number of nitrogens with zero attached hydrogens (tertiary/aromatic N) is 1. The van der Waals surface area contributed by atoms with E-state index in [0.29, 0.717) is 6.42 Å². The first-order chi connectivity index (χ1) is 7.48. The zero-order valence-corrected chi connectivity index (χ0v) is 10.1. The van der Waals surface area contributed by atoms with Gasteiger partial charge >= 0.3 is 5.76 Å². The van der Waals surface area contributed by atoms with Gasteiger partial charge in [-0.1, -0.05) is 6.92 Å². The Kier molecular flexibility index (Phi) is 5.07. The van der Waals surface area contributed by atoms with Gasteiger partial charge in [-0.2, -0.15) is 13.1 Å². The second-order valence-electron chi connectivity index (χ2n) is 3.96. The van der Waals surface area contributed by atoms with Crippen LogP contribution in [-0.2, 0) is 10.0 Å². The summed E-state index contributed by atoms with van der Waals surface area (Å²) in [6.45, 7) is 2.92. The number of sulfonamides is 1. The van der Waals surface area contributed by atoms with E-state index in [2.05, 4.69) is 5.32 Å². The first kappa shape index (κ1) is 13.8. The molecule has 1 rings (SSSR count). The molecule has 0 saturated carbocycles. The highest BCUT2D eigenvalue weighted by molar-refractivity contribution is 7.89. The maximum Gasteiger partial charge on any atom is 0.350 e. The Morgan fingerprint density at radius 1 is 1.50 bits per heavy atom. The van der Waals surface area contributed by atoms with Crippen molar-refractivity contribution in [3.63, 3.8) is 0 Å². The van der Waals surface area contributed by atoms with Crippen LogP contribution in [0.3, 0.4) is 0 Å². The van der Waals surface area contributed by atoms with E-state index in [1.807, 2.05) is 0 Å². The average molecular weight is 256 g/mol. The monoisotopic (exact) mass is 256 g/mol. The Balaban J connectivity index is 2.66. The van der Waals surface area contributed by atoms with Crippen molar-refractivity contribution in [2.45, 2.75) is 38.0 Å². The van der Waals surface area contributed by atoms with Crippen LogP contribution in [0.4, 0.5) is 8.78 Å². The quantitative estimate of drug-likeness (QED) is 0.771. The largest absolute Gasteiger partial charge is 0.350 e. The molecule has 0 amide bonds. The lowest BCUT2D eigenvalue weighted by Gasteiger charge is -2.24. The van der Waals surface area contributed by atoms with Crippen molar-refractivity contribution in [3.8, 4) is 0 Å². The van der Waals surface area contributed by atoms with Crippen LogP contribution in [0.25, 0.3) is 0 Å². The summed E-state index contributed by atoms with van der Waals surface area (Å²) < 4.78 is 48.4. The molecule has 96 valence electrons. The Morgan fingerprint density at radius 3 is 2.62 bits per heavy atom. The van der Waals surface area contributed by atoms with Gasteiger partial charge in [0, 0.05) is 19.1 Å². The molecule has 1 fully saturated rings. The second-order valence-corrected chi connectivity index (χ2v) is 5.86. The van der Waals surface area contributed by atoms with E-state index in [0.717, 1.165) is 23.7 Å². The highest BCUT2D eigenvalue weighted by atomic mass is 32.2.